The number of ketones is 1. The largest absolute Gasteiger partial charge is 0.296 e. The molecule has 0 heterocycles. The lowest BCUT2D eigenvalue weighted by Crippen LogP contribution is -2.18. The predicted octanol–water partition coefficient (Wildman–Crippen LogP) is 3.86. The summed E-state index contributed by atoms with van der Waals surface area (Å²) >= 11 is 12.1. The molecule has 1 N–H and O–H groups in total. The summed E-state index contributed by atoms with van der Waals surface area (Å²) in [6, 6.07) is 9.70. The molecule has 0 saturated heterocycles. The SMILES string of the molecule is Cc1ccc(NS(=O)(=O)c2ccc3c(c2)C(Cl)(Cl)C(=O)C3)cc1C. The number of nitrogens with one attached hydrogen (secondary N) is 1. The maximum atomic E-state index is 12.6. The van der Waals surface area contributed by atoms with Crippen molar-refractivity contribution in [3.05, 3.63) is 58.7 Å². The van der Waals surface area contributed by atoms with Crippen molar-refractivity contribution in [2.45, 2.75) is 29.5 Å². The van der Waals surface area contributed by atoms with Gasteiger partial charge in [0, 0.05) is 17.7 Å². The van der Waals surface area contributed by atoms with Crippen LogP contribution in [-0.2, 0) is 25.6 Å². The first kappa shape index (κ1) is 17.3. The second-order valence-electron chi connectivity index (χ2n) is 5.90. The van der Waals surface area contributed by atoms with Gasteiger partial charge in [-0.05, 0) is 54.8 Å². The van der Waals surface area contributed by atoms with E-state index >= 15 is 0 Å². The van der Waals surface area contributed by atoms with Gasteiger partial charge in [0.15, 0.2) is 5.78 Å². The summed E-state index contributed by atoms with van der Waals surface area (Å²) in [4.78, 5) is 11.9. The normalized spacial score (nSPS) is 16.1. The smallest absolute Gasteiger partial charge is 0.261 e. The highest BCUT2D eigenvalue weighted by Crippen LogP contribution is 2.44. The lowest BCUT2D eigenvalue weighted by atomic mass is 10.1. The number of fused-ring (bicyclic) bond motifs is 1. The number of hydrogen-bond donors (Lipinski definition) is 1. The second-order valence-corrected chi connectivity index (χ2v) is 8.91. The molecular weight excluding hydrogens is 369 g/mol. The fraction of sp³-hybridized carbons (Fsp3) is 0.235. The molecule has 1 aliphatic carbocycles. The zero-order valence-corrected chi connectivity index (χ0v) is 15.4. The van der Waals surface area contributed by atoms with Gasteiger partial charge in [0.05, 0.1) is 4.90 Å². The molecule has 0 fully saturated rings. The van der Waals surface area contributed by atoms with E-state index < -0.39 is 14.4 Å². The highest BCUT2D eigenvalue weighted by molar-refractivity contribution is 7.92. The van der Waals surface area contributed by atoms with Crippen LogP contribution >= 0.6 is 23.2 Å². The molecule has 0 spiro atoms. The monoisotopic (exact) mass is 383 g/mol. The molecule has 0 atom stereocenters. The van der Waals surface area contributed by atoms with Crippen LogP contribution in [-0.4, -0.2) is 14.2 Å². The van der Waals surface area contributed by atoms with Gasteiger partial charge in [-0.15, -0.1) is 0 Å². The molecule has 24 heavy (non-hydrogen) atoms. The number of hydrogen-bond acceptors (Lipinski definition) is 3. The first-order valence-electron chi connectivity index (χ1n) is 7.26. The van der Waals surface area contributed by atoms with Crippen molar-refractivity contribution < 1.29 is 13.2 Å². The Morgan fingerprint density at radius 2 is 1.75 bits per heavy atom. The van der Waals surface area contributed by atoms with Crippen molar-refractivity contribution in [3.63, 3.8) is 0 Å². The Hall–Kier alpha value is -1.56. The summed E-state index contributed by atoms with van der Waals surface area (Å²) in [5.74, 6) is -0.350. The fourth-order valence-corrected chi connectivity index (χ4v) is 4.18. The number of rotatable bonds is 3. The van der Waals surface area contributed by atoms with Crippen LogP contribution in [0.1, 0.15) is 22.3 Å². The molecule has 7 heteroatoms. The number of halogens is 2. The topological polar surface area (TPSA) is 63.2 Å². The van der Waals surface area contributed by atoms with Gasteiger partial charge in [-0.3, -0.25) is 9.52 Å². The third-order valence-electron chi connectivity index (χ3n) is 4.19. The Bertz CT molecular complexity index is 952. The van der Waals surface area contributed by atoms with Crippen LogP contribution in [0, 0.1) is 13.8 Å². The molecule has 4 nitrogen and oxygen atoms in total. The summed E-state index contributed by atoms with van der Waals surface area (Å²) < 4.78 is 26.1. The van der Waals surface area contributed by atoms with Gasteiger partial charge in [0.1, 0.15) is 0 Å². The molecular formula is C17H15Cl2NO3S. The Kier molecular flexibility index (Phi) is 4.14. The van der Waals surface area contributed by atoms with Gasteiger partial charge in [-0.1, -0.05) is 35.3 Å². The molecule has 0 bridgehead atoms. The summed E-state index contributed by atoms with van der Waals surface area (Å²) in [6.07, 6.45) is 0.104. The lowest BCUT2D eigenvalue weighted by Gasteiger charge is -2.14. The minimum atomic E-state index is -3.81. The summed E-state index contributed by atoms with van der Waals surface area (Å²) in [6.45, 7) is 3.86. The first-order valence-corrected chi connectivity index (χ1v) is 9.50. The number of anilines is 1. The van der Waals surface area contributed by atoms with Crippen molar-refractivity contribution >= 4 is 44.7 Å². The van der Waals surface area contributed by atoms with Crippen molar-refractivity contribution in [1.29, 1.82) is 0 Å². The maximum Gasteiger partial charge on any atom is 0.261 e. The highest BCUT2D eigenvalue weighted by atomic mass is 35.5. The van der Waals surface area contributed by atoms with Crippen LogP contribution in [0.5, 0.6) is 0 Å². The number of carbonyl (C=O) groups excluding carboxylic acids is 1. The molecule has 0 aliphatic heterocycles. The number of carbonyl (C=O) groups is 1. The summed E-state index contributed by atoms with van der Waals surface area (Å²) in [5.41, 5.74) is 3.50. The average Bonchev–Trinajstić information content (AvgIpc) is 2.72. The van der Waals surface area contributed by atoms with Gasteiger partial charge in [-0.2, -0.15) is 0 Å². The Morgan fingerprint density at radius 3 is 2.42 bits per heavy atom. The zero-order valence-electron chi connectivity index (χ0n) is 13.1. The number of benzene rings is 2. The molecule has 0 amide bonds. The third-order valence-corrected chi connectivity index (χ3v) is 6.40. The number of sulfonamides is 1. The van der Waals surface area contributed by atoms with Crippen LogP contribution in [0.3, 0.4) is 0 Å². The van der Waals surface area contributed by atoms with Gasteiger partial charge >= 0.3 is 0 Å². The standard InChI is InChI=1S/C17H15Cl2NO3S/c1-10-3-5-13(7-11(10)2)20-24(22,23)14-6-4-12-8-16(21)17(18,19)15(12)9-14/h3-7,9,20H,8H2,1-2H3. The van der Waals surface area contributed by atoms with Gasteiger partial charge in [-0.25, -0.2) is 8.42 Å². The molecule has 1 aliphatic rings. The first-order chi connectivity index (χ1) is 11.1. The average molecular weight is 384 g/mol. The van der Waals surface area contributed by atoms with Crippen LogP contribution in [0.4, 0.5) is 5.69 Å². The Morgan fingerprint density at radius 1 is 1.04 bits per heavy atom. The predicted molar refractivity (Wildman–Crippen MR) is 95.3 cm³/mol. The maximum absolute atomic E-state index is 12.6. The van der Waals surface area contributed by atoms with Crippen LogP contribution in [0.25, 0.3) is 0 Å². The lowest BCUT2D eigenvalue weighted by molar-refractivity contribution is -0.118. The summed E-state index contributed by atoms with van der Waals surface area (Å²) in [5, 5.41) is 0. The van der Waals surface area contributed by atoms with Crippen LogP contribution < -0.4 is 4.72 Å². The van der Waals surface area contributed by atoms with Crippen molar-refractivity contribution in [1.82, 2.24) is 0 Å². The molecule has 3 rings (SSSR count). The van der Waals surface area contributed by atoms with Crippen molar-refractivity contribution in [2.75, 3.05) is 4.72 Å². The van der Waals surface area contributed by atoms with E-state index in [0.29, 0.717) is 16.8 Å². The molecule has 0 radical (unpaired) electrons. The summed E-state index contributed by atoms with van der Waals surface area (Å²) in [7, 11) is -3.81. The molecule has 0 saturated carbocycles. The number of Topliss-reactive ketones (excluding diaryl/α,β-unsaturated/α-hetero) is 1. The van der Waals surface area contributed by atoms with E-state index in [-0.39, 0.29) is 17.1 Å². The van der Waals surface area contributed by atoms with Gasteiger partial charge in [0.2, 0.25) is 4.33 Å². The minimum absolute atomic E-state index is 0.0138. The van der Waals surface area contributed by atoms with E-state index in [1.165, 1.54) is 12.1 Å². The molecule has 2 aromatic rings. The van der Waals surface area contributed by atoms with Crippen molar-refractivity contribution in [3.8, 4) is 0 Å². The van der Waals surface area contributed by atoms with E-state index in [1.807, 2.05) is 19.9 Å². The van der Waals surface area contributed by atoms with E-state index in [1.54, 1.807) is 18.2 Å². The molecule has 126 valence electrons. The van der Waals surface area contributed by atoms with Crippen LogP contribution in [0.2, 0.25) is 0 Å². The quantitative estimate of drug-likeness (QED) is 0.818. The van der Waals surface area contributed by atoms with E-state index in [4.69, 9.17) is 23.2 Å². The molecule has 2 aromatic carbocycles. The van der Waals surface area contributed by atoms with Gasteiger partial charge < -0.3 is 0 Å². The van der Waals surface area contributed by atoms with E-state index in [2.05, 4.69) is 4.72 Å². The highest BCUT2D eigenvalue weighted by Gasteiger charge is 2.43. The number of aryl methyl sites for hydroxylation is 2. The second kappa shape index (κ2) is 5.76. The Balaban J connectivity index is 1.98. The molecule has 0 aromatic heterocycles. The van der Waals surface area contributed by atoms with Crippen molar-refractivity contribution in [2.24, 2.45) is 0 Å². The Labute approximate surface area is 150 Å². The van der Waals surface area contributed by atoms with E-state index in [9.17, 15) is 13.2 Å². The minimum Gasteiger partial charge on any atom is -0.296 e. The van der Waals surface area contributed by atoms with E-state index in [0.717, 1.165) is 11.1 Å². The zero-order chi connectivity index (χ0) is 17.7. The number of alkyl halides is 2. The third kappa shape index (κ3) is 2.92. The van der Waals surface area contributed by atoms with Gasteiger partial charge in [0.25, 0.3) is 10.0 Å². The van der Waals surface area contributed by atoms with Crippen LogP contribution in [0.15, 0.2) is 41.3 Å². The molecule has 0 unspecified atom stereocenters. The fourth-order valence-electron chi connectivity index (χ4n) is 2.62.